The van der Waals surface area contributed by atoms with Gasteiger partial charge in [-0.2, -0.15) is 0 Å². The molecule has 1 fully saturated rings. The van der Waals surface area contributed by atoms with Crippen molar-refractivity contribution in [1.82, 2.24) is 0 Å². The third-order valence-electron chi connectivity index (χ3n) is 2.12. The Hall–Kier alpha value is 0.421. The van der Waals surface area contributed by atoms with Gasteiger partial charge in [-0.05, 0) is 12.8 Å². The van der Waals surface area contributed by atoms with E-state index in [0.29, 0.717) is 19.3 Å². The van der Waals surface area contributed by atoms with Crippen molar-refractivity contribution < 1.29 is 64.6 Å². The van der Waals surface area contributed by atoms with Crippen LogP contribution < -0.4 is 10.2 Å². The van der Waals surface area contributed by atoms with Crippen LogP contribution in [0.2, 0.25) is 0 Å². The number of hydrogen-bond acceptors (Lipinski definition) is 4. The average molecular weight is 372 g/mol. The van der Waals surface area contributed by atoms with E-state index >= 15 is 0 Å². The molecular weight excluding hydrogens is 364 g/mol. The Labute approximate surface area is 107 Å². The van der Waals surface area contributed by atoms with E-state index in [1.54, 1.807) is 0 Å². The Kier molecular flexibility index (Phi) is 8.32. The smallest absolute Gasteiger partial charge is 0.550 e. The zero-order chi connectivity index (χ0) is 8.43. The van der Waals surface area contributed by atoms with E-state index in [-0.39, 0.29) is 44.8 Å². The first kappa shape index (κ1) is 15.9. The topological polar surface area (TPSA) is 80.3 Å². The molecule has 0 radical (unpaired) electrons. The van der Waals surface area contributed by atoms with Crippen molar-refractivity contribution >= 4 is 11.9 Å². The van der Waals surface area contributed by atoms with Gasteiger partial charge >= 0.3 is 44.8 Å². The van der Waals surface area contributed by atoms with E-state index in [0.717, 1.165) is 0 Å². The maximum absolute atomic E-state index is 10.3. The fourth-order valence-electron chi connectivity index (χ4n) is 1.52. The number of carbonyl (C=O) groups excluding carboxylic acids is 2. The van der Waals surface area contributed by atoms with Crippen LogP contribution in [0.15, 0.2) is 0 Å². The third kappa shape index (κ3) is 3.97. The second kappa shape index (κ2) is 6.81. The van der Waals surface area contributed by atoms with Gasteiger partial charge in [-0.15, -0.1) is 0 Å². The molecule has 6 heteroatoms. The van der Waals surface area contributed by atoms with Gasteiger partial charge in [0.2, 0.25) is 0 Å². The van der Waals surface area contributed by atoms with Crippen molar-refractivity contribution in [3.05, 3.63) is 0 Å². The molecule has 1 saturated carbocycles. The van der Waals surface area contributed by atoms with E-state index in [1.807, 2.05) is 0 Å². The average Bonchev–Trinajstić information content (AvgIpc) is 2.32. The summed E-state index contributed by atoms with van der Waals surface area (Å²) < 4.78 is 0. The van der Waals surface area contributed by atoms with Crippen LogP contribution in [0.25, 0.3) is 0 Å². The van der Waals surface area contributed by atoms with Gasteiger partial charge < -0.3 is 19.8 Å². The molecule has 82 valence electrons. The van der Waals surface area contributed by atoms with E-state index in [4.69, 9.17) is 0 Å². The van der Waals surface area contributed by atoms with Crippen molar-refractivity contribution in [2.24, 2.45) is 11.8 Å². The number of carbonyl (C=O) groups is 2. The second-order valence-corrected chi connectivity index (χ2v) is 2.78. The molecule has 13 heavy (non-hydrogen) atoms. The Morgan fingerprint density at radius 2 is 1.23 bits per heavy atom. The minimum Gasteiger partial charge on any atom is -0.550 e. The molecule has 0 aromatic carbocycles. The molecular formula is C7H8Ag2O4. The van der Waals surface area contributed by atoms with Gasteiger partial charge in [0.25, 0.3) is 0 Å². The van der Waals surface area contributed by atoms with Gasteiger partial charge in [-0.25, -0.2) is 0 Å². The molecule has 0 heterocycles. The molecule has 0 aromatic heterocycles. The fourth-order valence-corrected chi connectivity index (χ4v) is 1.52. The predicted octanol–water partition coefficient (Wildman–Crippen LogP) is -2.10. The third-order valence-corrected chi connectivity index (χ3v) is 2.12. The van der Waals surface area contributed by atoms with Crippen molar-refractivity contribution in [2.45, 2.75) is 19.3 Å². The van der Waals surface area contributed by atoms with Gasteiger partial charge in [-0.3, -0.25) is 0 Å². The first-order valence-corrected chi connectivity index (χ1v) is 3.54. The summed E-state index contributed by atoms with van der Waals surface area (Å²) in [7, 11) is 0. The van der Waals surface area contributed by atoms with Gasteiger partial charge in [0.1, 0.15) is 0 Å². The minimum atomic E-state index is -1.27. The molecule has 1 rings (SSSR count). The van der Waals surface area contributed by atoms with E-state index in [1.165, 1.54) is 0 Å². The Morgan fingerprint density at radius 3 is 1.46 bits per heavy atom. The number of rotatable bonds is 2. The summed E-state index contributed by atoms with van der Waals surface area (Å²) >= 11 is 0. The first-order chi connectivity index (χ1) is 5.13. The van der Waals surface area contributed by atoms with Gasteiger partial charge in [0.15, 0.2) is 0 Å². The van der Waals surface area contributed by atoms with Gasteiger partial charge in [0, 0.05) is 23.8 Å². The van der Waals surface area contributed by atoms with Crippen LogP contribution in [0.1, 0.15) is 19.3 Å². The van der Waals surface area contributed by atoms with Gasteiger partial charge in [0.05, 0.1) is 0 Å². The van der Waals surface area contributed by atoms with Crippen LogP contribution in [0.5, 0.6) is 0 Å². The summed E-state index contributed by atoms with van der Waals surface area (Å²) in [4.78, 5) is 20.6. The van der Waals surface area contributed by atoms with E-state index in [2.05, 4.69) is 0 Å². The molecule has 0 N–H and O–H groups in total. The Morgan fingerprint density at radius 1 is 0.923 bits per heavy atom. The predicted molar refractivity (Wildman–Crippen MR) is 30.8 cm³/mol. The van der Waals surface area contributed by atoms with E-state index in [9.17, 15) is 19.8 Å². The normalized spacial score (nSPS) is 25.5. The number of aliphatic carboxylic acids is 2. The SMILES string of the molecule is O=C([O-])C1CCCC1C(=O)[O-].[Ag+].[Ag+]. The maximum atomic E-state index is 10.3. The van der Waals surface area contributed by atoms with Crippen molar-refractivity contribution in [3.63, 3.8) is 0 Å². The molecule has 2 atom stereocenters. The van der Waals surface area contributed by atoms with E-state index < -0.39 is 23.8 Å². The number of carboxylic acids is 2. The Balaban J connectivity index is 0. The minimum absolute atomic E-state index is 0. The summed E-state index contributed by atoms with van der Waals surface area (Å²) in [6.07, 6.45) is 1.44. The molecule has 0 amide bonds. The largest absolute Gasteiger partial charge is 1.00 e. The monoisotopic (exact) mass is 370 g/mol. The molecule has 4 nitrogen and oxygen atoms in total. The van der Waals surface area contributed by atoms with Gasteiger partial charge in [-0.1, -0.05) is 6.42 Å². The van der Waals surface area contributed by atoms with Crippen LogP contribution in [0, 0.1) is 11.8 Å². The molecule has 1 aliphatic carbocycles. The first-order valence-electron chi connectivity index (χ1n) is 3.54. The second-order valence-electron chi connectivity index (χ2n) is 2.78. The molecule has 0 aliphatic heterocycles. The zero-order valence-corrected chi connectivity index (χ0v) is 9.48. The van der Waals surface area contributed by atoms with Crippen molar-refractivity contribution in [2.75, 3.05) is 0 Å². The maximum Gasteiger partial charge on any atom is 1.00 e. The molecule has 0 spiro atoms. The summed E-state index contributed by atoms with van der Waals surface area (Å²) in [6, 6.07) is 0. The van der Waals surface area contributed by atoms with Crippen LogP contribution in [-0.2, 0) is 54.3 Å². The van der Waals surface area contributed by atoms with Crippen LogP contribution >= 0.6 is 0 Å². The quantitative estimate of drug-likeness (QED) is 0.521. The van der Waals surface area contributed by atoms with Crippen molar-refractivity contribution in [3.8, 4) is 0 Å². The fraction of sp³-hybridized carbons (Fsp3) is 0.714. The standard InChI is InChI=1S/C7H10O4.2Ag/c8-6(9)4-2-1-3-5(4)7(10)11;;/h4-5H,1-3H2,(H,8,9)(H,10,11);;/q;2*+1/p-2. The summed E-state index contributed by atoms with van der Waals surface area (Å²) in [5.74, 6) is -4.20. The zero-order valence-electron chi connectivity index (χ0n) is 6.51. The number of hydrogen-bond donors (Lipinski definition) is 0. The summed E-state index contributed by atoms with van der Waals surface area (Å²) in [5, 5.41) is 20.6. The summed E-state index contributed by atoms with van der Waals surface area (Å²) in [6.45, 7) is 0. The number of carboxylic acid groups (broad SMARTS) is 2. The molecule has 2 unspecified atom stereocenters. The van der Waals surface area contributed by atoms with Crippen LogP contribution in [0.3, 0.4) is 0 Å². The Bertz CT molecular complexity index is 175. The van der Waals surface area contributed by atoms with Crippen LogP contribution in [-0.4, -0.2) is 11.9 Å². The molecule has 0 bridgehead atoms. The molecule has 0 aromatic rings. The summed E-state index contributed by atoms with van der Waals surface area (Å²) in [5.41, 5.74) is 0. The molecule has 1 aliphatic rings. The molecule has 0 saturated heterocycles. The van der Waals surface area contributed by atoms with Crippen LogP contribution in [0.4, 0.5) is 0 Å². The van der Waals surface area contributed by atoms with Crippen molar-refractivity contribution in [1.29, 1.82) is 0 Å².